The van der Waals surface area contributed by atoms with E-state index >= 15 is 0 Å². The third-order valence-corrected chi connectivity index (χ3v) is 5.66. The Morgan fingerprint density at radius 2 is 2.00 bits per heavy atom. The Morgan fingerprint density at radius 3 is 2.69 bits per heavy atom. The van der Waals surface area contributed by atoms with E-state index in [1.807, 2.05) is 17.9 Å². The van der Waals surface area contributed by atoms with Crippen LogP contribution in [-0.2, 0) is 16.1 Å². The van der Waals surface area contributed by atoms with Crippen LogP contribution < -0.4 is 4.90 Å². The van der Waals surface area contributed by atoms with Gasteiger partial charge in [-0.2, -0.15) is 0 Å². The maximum Gasteiger partial charge on any atom is 0.253 e. The number of nitrogens with zero attached hydrogens (tertiary/aromatic N) is 5. The lowest BCUT2D eigenvalue weighted by Crippen LogP contribution is -2.51. The summed E-state index contributed by atoms with van der Waals surface area (Å²) in [7, 11) is 0. The van der Waals surface area contributed by atoms with E-state index in [1.54, 1.807) is 0 Å². The van der Waals surface area contributed by atoms with Gasteiger partial charge in [-0.25, -0.2) is 9.97 Å². The standard InChI is InChI=1S/C22H37N5O2/c1-5-25-11-12-29-20(16-25)21(28)27(14-17(2)3)15-19-13-18(4)23-22(24-19)26-9-7-6-8-10-26/h13,17,20H,5-12,14-16H2,1-4H3. The van der Waals surface area contributed by atoms with E-state index in [0.717, 1.165) is 43.5 Å². The molecule has 3 rings (SSSR count). The Labute approximate surface area is 175 Å². The minimum absolute atomic E-state index is 0.0765. The zero-order valence-corrected chi connectivity index (χ0v) is 18.6. The number of piperidine rings is 1. The van der Waals surface area contributed by atoms with Crippen molar-refractivity contribution in [1.82, 2.24) is 19.8 Å². The van der Waals surface area contributed by atoms with Gasteiger partial charge >= 0.3 is 0 Å². The molecule has 0 aromatic carbocycles. The van der Waals surface area contributed by atoms with E-state index in [4.69, 9.17) is 9.72 Å². The summed E-state index contributed by atoms with van der Waals surface area (Å²) in [5.74, 6) is 1.27. The highest BCUT2D eigenvalue weighted by Gasteiger charge is 2.30. The van der Waals surface area contributed by atoms with Crippen LogP contribution in [0.3, 0.4) is 0 Å². The highest BCUT2D eigenvalue weighted by molar-refractivity contribution is 5.81. The predicted molar refractivity (Wildman–Crippen MR) is 115 cm³/mol. The van der Waals surface area contributed by atoms with Gasteiger partial charge in [0.1, 0.15) is 6.10 Å². The Morgan fingerprint density at radius 1 is 1.24 bits per heavy atom. The van der Waals surface area contributed by atoms with Crippen molar-refractivity contribution in [2.24, 2.45) is 5.92 Å². The van der Waals surface area contributed by atoms with Crippen LogP contribution >= 0.6 is 0 Å². The van der Waals surface area contributed by atoms with Crippen LogP contribution in [0, 0.1) is 12.8 Å². The average Bonchev–Trinajstić information content (AvgIpc) is 2.72. The number of carbonyl (C=O) groups excluding carboxylic acids is 1. The first-order chi connectivity index (χ1) is 14.0. The van der Waals surface area contributed by atoms with E-state index in [1.165, 1.54) is 19.3 Å². The molecule has 1 aromatic rings. The average molecular weight is 404 g/mol. The summed E-state index contributed by atoms with van der Waals surface area (Å²) in [5, 5.41) is 0. The van der Waals surface area contributed by atoms with E-state index in [9.17, 15) is 4.79 Å². The fourth-order valence-corrected chi connectivity index (χ4v) is 4.14. The van der Waals surface area contributed by atoms with Crippen molar-refractivity contribution in [2.75, 3.05) is 50.8 Å². The monoisotopic (exact) mass is 403 g/mol. The zero-order valence-electron chi connectivity index (χ0n) is 18.6. The van der Waals surface area contributed by atoms with Crippen LogP contribution in [0.1, 0.15) is 51.4 Å². The molecule has 2 fully saturated rings. The lowest BCUT2D eigenvalue weighted by atomic mass is 10.1. The SMILES string of the molecule is CCN1CCOC(C(=O)N(Cc2cc(C)nc(N3CCCCC3)n2)CC(C)C)C1. The Bertz CT molecular complexity index is 675. The molecule has 7 heteroatoms. The molecule has 0 bridgehead atoms. The Balaban J connectivity index is 1.75. The molecule has 0 spiro atoms. The first kappa shape index (κ1) is 22.0. The number of ether oxygens (including phenoxy) is 1. The number of anilines is 1. The van der Waals surface area contributed by atoms with Crippen molar-refractivity contribution in [3.63, 3.8) is 0 Å². The Hall–Kier alpha value is -1.73. The Kier molecular flexibility index (Phi) is 7.84. The fraction of sp³-hybridized carbons (Fsp3) is 0.773. The number of carbonyl (C=O) groups is 1. The summed E-state index contributed by atoms with van der Waals surface area (Å²) in [5.41, 5.74) is 1.87. The smallest absolute Gasteiger partial charge is 0.253 e. The normalized spacial score (nSPS) is 20.9. The number of hydrogen-bond donors (Lipinski definition) is 0. The molecule has 2 saturated heterocycles. The molecule has 0 radical (unpaired) electrons. The number of aromatic nitrogens is 2. The molecule has 1 aromatic heterocycles. The van der Waals surface area contributed by atoms with E-state index in [-0.39, 0.29) is 12.0 Å². The summed E-state index contributed by atoms with van der Waals surface area (Å²) in [6, 6.07) is 2.01. The topological polar surface area (TPSA) is 61.8 Å². The van der Waals surface area contributed by atoms with Crippen molar-refractivity contribution >= 4 is 11.9 Å². The van der Waals surface area contributed by atoms with Crippen LogP contribution in [0.5, 0.6) is 0 Å². The molecule has 1 unspecified atom stereocenters. The largest absolute Gasteiger partial charge is 0.366 e. The van der Waals surface area contributed by atoms with Crippen LogP contribution in [0.2, 0.25) is 0 Å². The van der Waals surface area contributed by atoms with Crippen LogP contribution in [0.4, 0.5) is 5.95 Å². The quantitative estimate of drug-likeness (QED) is 0.697. The van der Waals surface area contributed by atoms with Gasteiger partial charge < -0.3 is 14.5 Å². The molecular formula is C22H37N5O2. The van der Waals surface area contributed by atoms with E-state index in [2.05, 4.69) is 35.6 Å². The molecule has 0 aliphatic carbocycles. The lowest BCUT2D eigenvalue weighted by molar-refractivity contribution is -0.150. The maximum absolute atomic E-state index is 13.3. The molecule has 0 N–H and O–H groups in total. The lowest BCUT2D eigenvalue weighted by Gasteiger charge is -2.35. The number of amides is 1. The number of hydrogen-bond acceptors (Lipinski definition) is 6. The van der Waals surface area contributed by atoms with Gasteiger partial charge in [0, 0.05) is 38.4 Å². The maximum atomic E-state index is 13.3. The highest BCUT2D eigenvalue weighted by atomic mass is 16.5. The first-order valence-corrected chi connectivity index (χ1v) is 11.2. The minimum atomic E-state index is -0.382. The molecule has 2 aliphatic rings. The second-order valence-corrected chi connectivity index (χ2v) is 8.71. The van der Waals surface area contributed by atoms with Crippen molar-refractivity contribution in [1.29, 1.82) is 0 Å². The van der Waals surface area contributed by atoms with Gasteiger partial charge in [-0.15, -0.1) is 0 Å². The van der Waals surface area contributed by atoms with Crippen LogP contribution in [0.25, 0.3) is 0 Å². The third-order valence-electron chi connectivity index (χ3n) is 5.66. The molecule has 1 atom stereocenters. The number of aryl methyl sites for hydroxylation is 1. The van der Waals surface area contributed by atoms with Crippen molar-refractivity contribution < 1.29 is 9.53 Å². The summed E-state index contributed by atoms with van der Waals surface area (Å²) in [6.45, 7) is 14.8. The summed E-state index contributed by atoms with van der Waals surface area (Å²) in [6.07, 6.45) is 3.28. The fourth-order valence-electron chi connectivity index (χ4n) is 4.14. The predicted octanol–water partition coefficient (Wildman–Crippen LogP) is 2.48. The molecule has 3 heterocycles. The van der Waals surface area contributed by atoms with Gasteiger partial charge in [0.15, 0.2) is 0 Å². The molecular weight excluding hydrogens is 366 g/mol. The number of rotatable bonds is 7. The van der Waals surface area contributed by atoms with Crippen molar-refractivity contribution in [3.05, 3.63) is 17.5 Å². The summed E-state index contributed by atoms with van der Waals surface area (Å²) < 4.78 is 5.84. The second-order valence-electron chi connectivity index (χ2n) is 8.71. The molecule has 1 amide bonds. The minimum Gasteiger partial charge on any atom is -0.366 e. The first-order valence-electron chi connectivity index (χ1n) is 11.2. The number of likely N-dealkylation sites (N-methyl/N-ethyl adjacent to an activating group) is 1. The summed E-state index contributed by atoms with van der Waals surface area (Å²) in [4.78, 5) is 29.3. The van der Waals surface area contributed by atoms with Crippen LogP contribution in [-0.4, -0.2) is 77.7 Å². The molecule has 162 valence electrons. The molecule has 29 heavy (non-hydrogen) atoms. The molecule has 2 aliphatic heterocycles. The zero-order chi connectivity index (χ0) is 20.8. The molecule has 7 nitrogen and oxygen atoms in total. The van der Waals surface area contributed by atoms with E-state index < -0.39 is 0 Å². The summed E-state index contributed by atoms with van der Waals surface area (Å²) >= 11 is 0. The second kappa shape index (κ2) is 10.3. The van der Waals surface area contributed by atoms with E-state index in [0.29, 0.717) is 32.2 Å². The van der Waals surface area contributed by atoms with Gasteiger partial charge in [-0.05, 0) is 44.7 Å². The van der Waals surface area contributed by atoms with Gasteiger partial charge in [0.25, 0.3) is 5.91 Å². The number of morpholine rings is 1. The van der Waals surface area contributed by atoms with Crippen LogP contribution in [0.15, 0.2) is 6.07 Å². The van der Waals surface area contributed by atoms with Gasteiger partial charge in [-0.3, -0.25) is 9.69 Å². The van der Waals surface area contributed by atoms with Gasteiger partial charge in [-0.1, -0.05) is 20.8 Å². The van der Waals surface area contributed by atoms with Crippen molar-refractivity contribution in [3.8, 4) is 0 Å². The van der Waals surface area contributed by atoms with Gasteiger partial charge in [0.2, 0.25) is 5.95 Å². The third kappa shape index (κ3) is 6.12. The van der Waals surface area contributed by atoms with Gasteiger partial charge in [0.05, 0.1) is 18.8 Å². The van der Waals surface area contributed by atoms with Crippen molar-refractivity contribution in [2.45, 2.75) is 59.6 Å². The molecule has 0 saturated carbocycles. The highest BCUT2D eigenvalue weighted by Crippen LogP contribution is 2.19.